The summed E-state index contributed by atoms with van der Waals surface area (Å²) < 4.78 is 6.06. The molecule has 0 spiro atoms. The first-order valence-corrected chi connectivity index (χ1v) is 7.03. The van der Waals surface area contributed by atoms with Gasteiger partial charge in [-0.15, -0.1) is 0 Å². The highest BCUT2D eigenvalue weighted by Gasteiger charge is 2.12. The number of benzene rings is 2. The Kier molecular flexibility index (Phi) is 4.49. The van der Waals surface area contributed by atoms with Gasteiger partial charge in [-0.2, -0.15) is 0 Å². The molecule has 0 atom stereocenters. The summed E-state index contributed by atoms with van der Waals surface area (Å²) in [5.41, 5.74) is 1.84. The second kappa shape index (κ2) is 6.13. The standard InChI is InChI=1S/C15H14INO3/c1-9-7-11(4-6-14(9)20-2)17-15(19)12-8-10(16)3-5-13(12)18/h3-8,18H,1-2H3,(H,17,19). The Bertz CT molecular complexity index is 656. The van der Waals surface area contributed by atoms with E-state index in [1.54, 1.807) is 31.4 Å². The summed E-state index contributed by atoms with van der Waals surface area (Å²) in [5, 5.41) is 12.5. The summed E-state index contributed by atoms with van der Waals surface area (Å²) in [6.07, 6.45) is 0. The van der Waals surface area contributed by atoms with Crippen molar-refractivity contribution in [3.63, 3.8) is 0 Å². The fourth-order valence-electron chi connectivity index (χ4n) is 1.84. The average molecular weight is 383 g/mol. The van der Waals surface area contributed by atoms with Gasteiger partial charge >= 0.3 is 0 Å². The van der Waals surface area contributed by atoms with Crippen molar-refractivity contribution in [1.82, 2.24) is 0 Å². The number of carbonyl (C=O) groups excluding carboxylic acids is 1. The zero-order chi connectivity index (χ0) is 14.7. The lowest BCUT2D eigenvalue weighted by atomic mass is 10.1. The molecule has 0 fully saturated rings. The quantitative estimate of drug-likeness (QED) is 0.797. The molecule has 0 aromatic heterocycles. The lowest BCUT2D eigenvalue weighted by Crippen LogP contribution is -2.12. The summed E-state index contributed by atoms with van der Waals surface area (Å²) in [5.74, 6) is 0.388. The summed E-state index contributed by atoms with van der Waals surface area (Å²) in [7, 11) is 1.60. The van der Waals surface area contributed by atoms with E-state index in [0.29, 0.717) is 5.69 Å². The second-order valence-corrected chi connectivity index (χ2v) is 5.55. The van der Waals surface area contributed by atoms with Crippen LogP contribution >= 0.6 is 22.6 Å². The number of amides is 1. The van der Waals surface area contributed by atoms with Gasteiger partial charge in [-0.05, 0) is 71.5 Å². The maximum absolute atomic E-state index is 12.1. The van der Waals surface area contributed by atoms with Crippen LogP contribution < -0.4 is 10.1 Å². The lowest BCUT2D eigenvalue weighted by Gasteiger charge is -2.10. The number of carbonyl (C=O) groups is 1. The van der Waals surface area contributed by atoms with Gasteiger partial charge in [0.15, 0.2) is 0 Å². The maximum atomic E-state index is 12.1. The van der Waals surface area contributed by atoms with Crippen LogP contribution in [0.5, 0.6) is 11.5 Å². The Labute approximate surface area is 130 Å². The SMILES string of the molecule is COc1ccc(NC(=O)c2cc(I)ccc2O)cc1C. The van der Waals surface area contributed by atoms with Crippen LogP contribution in [-0.4, -0.2) is 18.1 Å². The predicted molar refractivity (Wildman–Crippen MR) is 86.5 cm³/mol. The molecule has 20 heavy (non-hydrogen) atoms. The van der Waals surface area contributed by atoms with Gasteiger partial charge in [0, 0.05) is 9.26 Å². The van der Waals surface area contributed by atoms with E-state index in [-0.39, 0.29) is 17.2 Å². The topological polar surface area (TPSA) is 58.6 Å². The van der Waals surface area contributed by atoms with Crippen molar-refractivity contribution in [3.05, 3.63) is 51.1 Å². The third-order valence-corrected chi connectivity index (χ3v) is 3.53. The van der Waals surface area contributed by atoms with Crippen molar-refractivity contribution >= 4 is 34.2 Å². The minimum atomic E-state index is -0.342. The summed E-state index contributed by atoms with van der Waals surface area (Å²) in [4.78, 5) is 12.1. The fourth-order valence-corrected chi connectivity index (χ4v) is 2.34. The van der Waals surface area contributed by atoms with Crippen LogP contribution in [0.3, 0.4) is 0 Å². The number of phenolic OH excluding ortho intramolecular Hbond substituents is 1. The van der Waals surface area contributed by atoms with E-state index < -0.39 is 0 Å². The number of hydrogen-bond acceptors (Lipinski definition) is 3. The molecule has 0 aliphatic heterocycles. The molecule has 0 radical (unpaired) electrons. The lowest BCUT2D eigenvalue weighted by molar-refractivity contribution is 0.102. The summed E-state index contributed by atoms with van der Waals surface area (Å²) >= 11 is 2.09. The fraction of sp³-hybridized carbons (Fsp3) is 0.133. The number of halogens is 1. The van der Waals surface area contributed by atoms with Gasteiger partial charge in [-0.1, -0.05) is 0 Å². The highest BCUT2D eigenvalue weighted by molar-refractivity contribution is 14.1. The summed E-state index contributed by atoms with van der Waals surface area (Å²) in [6, 6.07) is 10.3. The zero-order valence-corrected chi connectivity index (χ0v) is 13.3. The van der Waals surface area contributed by atoms with E-state index in [9.17, 15) is 9.90 Å². The molecular weight excluding hydrogens is 369 g/mol. The van der Waals surface area contributed by atoms with Gasteiger partial charge in [0.1, 0.15) is 11.5 Å². The maximum Gasteiger partial charge on any atom is 0.259 e. The van der Waals surface area contributed by atoms with Crippen molar-refractivity contribution in [3.8, 4) is 11.5 Å². The number of phenols is 1. The number of anilines is 1. The van der Waals surface area contributed by atoms with Gasteiger partial charge in [-0.25, -0.2) is 0 Å². The molecule has 1 amide bonds. The minimum absolute atomic E-state index is 0.0341. The van der Waals surface area contributed by atoms with Crippen molar-refractivity contribution in [2.45, 2.75) is 6.92 Å². The van der Waals surface area contributed by atoms with Crippen molar-refractivity contribution in [1.29, 1.82) is 0 Å². The molecule has 2 rings (SSSR count). The molecule has 4 nitrogen and oxygen atoms in total. The highest BCUT2D eigenvalue weighted by Crippen LogP contribution is 2.24. The Balaban J connectivity index is 2.23. The largest absolute Gasteiger partial charge is 0.507 e. The second-order valence-electron chi connectivity index (χ2n) is 4.30. The number of hydrogen-bond donors (Lipinski definition) is 2. The molecule has 5 heteroatoms. The average Bonchev–Trinajstić information content (AvgIpc) is 2.41. The van der Waals surface area contributed by atoms with E-state index in [4.69, 9.17) is 4.74 Å². The van der Waals surface area contributed by atoms with E-state index in [2.05, 4.69) is 27.9 Å². The predicted octanol–water partition coefficient (Wildman–Crippen LogP) is 3.57. The van der Waals surface area contributed by atoms with E-state index in [0.717, 1.165) is 14.9 Å². The van der Waals surface area contributed by atoms with Gasteiger partial charge in [0.05, 0.1) is 12.7 Å². The number of methoxy groups -OCH3 is 1. The molecule has 2 aromatic rings. The smallest absolute Gasteiger partial charge is 0.259 e. The van der Waals surface area contributed by atoms with Crippen LogP contribution in [0.25, 0.3) is 0 Å². The molecule has 0 aliphatic rings. The molecule has 0 saturated carbocycles. The van der Waals surface area contributed by atoms with Crippen molar-refractivity contribution in [2.24, 2.45) is 0 Å². The Morgan fingerprint density at radius 2 is 2.00 bits per heavy atom. The Morgan fingerprint density at radius 1 is 1.25 bits per heavy atom. The van der Waals surface area contributed by atoms with Crippen LogP contribution in [0, 0.1) is 10.5 Å². The van der Waals surface area contributed by atoms with Crippen LogP contribution in [0.2, 0.25) is 0 Å². The van der Waals surface area contributed by atoms with Gasteiger partial charge in [-0.3, -0.25) is 4.79 Å². The molecule has 2 N–H and O–H groups in total. The molecule has 0 heterocycles. The molecule has 0 unspecified atom stereocenters. The van der Waals surface area contributed by atoms with Crippen molar-refractivity contribution < 1.29 is 14.6 Å². The zero-order valence-electron chi connectivity index (χ0n) is 11.1. The minimum Gasteiger partial charge on any atom is -0.507 e. The van der Waals surface area contributed by atoms with Gasteiger partial charge < -0.3 is 15.2 Å². The first-order chi connectivity index (χ1) is 9.51. The number of rotatable bonds is 3. The third-order valence-electron chi connectivity index (χ3n) is 2.86. The number of aromatic hydroxyl groups is 1. The van der Waals surface area contributed by atoms with Gasteiger partial charge in [0.2, 0.25) is 0 Å². The molecule has 0 aliphatic carbocycles. The number of aryl methyl sites for hydroxylation is 1. The monoisotopic (exact) mass is 383 g/mol. The highest BCUT2D eigenvalue weighted by atomic mass is 127. The normalized spacial score (nSPS) is 10.2. The van der Waals surface area contributed by atoms with Crippen LogP contribution in [0.15, 0.2) is 36.4 Å². The summed E-state index contributed by atoms with van der Waals surface area (Å²) in [6.45, 7) is 1.90. The number of ether oxygens (including phenoxy) is 1. The van der Waals surface area contributed by atoms with E-state index in [1.807, 2.05) is 13.0 Å². The molecule has 2 aromatic carbocycles. The van der Waals surface area contributed by atoms with E-state index >= 15 is 0 Å². The first-order valence-electron chi connectivity index (χ1n) is 5.96. The molecular formula is C15H14INO3. The van der Waals surface area contributed by atoms with E-state index in [1.165, 1.54) is 6.07 Å². The molecule has 0 bridgehead atoms. The van der Waals surface area contributed by atoms with Crippen LogP contribution in [0.4, 0.5) is 5.69 Å². The van der Waals surface area contributed by atoms with Gasteiger partial charge in [0.25, 0.3) is 5.91 Å². The Morgan fingerprint density at radius 3 is 2.65 bits per heavy atom. The van der Waals surface area contributed by atoms with Crippen LogP contribution in [0.1, 0.15) is 15.9 Å². The molecule has 0 saturated heterocycles. The molecule has 104 valence electrons. The number of nitrogens with one attached hydrogen (secondary N) is 1. The van der Waals surface area contributed by atoms with Crippen molar-refractivity contribution in [2.75, 3.05) is 12.4 Å². The first kappa shape index (κ1) is 14.6. The Hall–Kier alpha value is -1.76. The van der Waals surface area contributed by atoms with Crippen LogP contribution in [-0.2, 0) is 0 Å². The third kappa shape index (κ3) is 3.22.